The van der Waals surface area contributed by atoms with E-state index in [1.54, 1.807) is 0 Å². The second kappa shape index (κ2) is 5.26. The topological polar surface area (TPSA) is 38.5 Å². The van der Waals surface area contributed by atoms with Crippen molar-refractivity contribution in [3.8, 4) is 0 Å². The van der Waals surface area contributed by atoms with Crippen molar-refractivity contribution in [3.05, 3.63) is 0 Å². The zero-order valence-corrected chi connectivity index (χ0v) is 13.4. The fraction of sp³-hybridized carbons (Fsp3) is 1.00. The number of ether oxygens (including phenoxy) is 1. The highest BCUT2D eigenvalue weighted by Gasteiger charge is 2.47. The lowest BCUT2D eigenvalue weighted by Crippen LogP contribution is -2.62. The highest BCUT2D eigenvalue weighted by atomic mass is 16.5. The number of hydrogen-bond donors (Lipinski definition) is 1. The van der Waals surface area contributed by atoms with E-state index in [1.165, 1.54) is 51.6 Å². The van der Waals surface area contributed by atoms with E-state index in [9.17, 15) is 0 Å². The van der Waals surface area contributed by atoms with Crippen LogP contribution in [-0.2, 0) is 4.74 Å². The van der Waals surface area contributed by atoms with Crippen LogP contribution in [0.2, 0.25) is 0 Å². The maximum absolute atomic E-state index is 6.24. The van der Waals surface area contributed by atoms with Crippen molar-refractivity contribution in [2.24, 2.45) is 11.1 Å². The van der Waals surface area contributed by atoms with Gasteiger partial charge in [0.1, 0.15) is 0 Å². The number of likely N-dealkylation sites (tertiary alicyclic amines) is 1. The minimum Gasteiger partial charge on any atom is -0.375 e. The maximum atomic E-state index is 6.24. The Kier molecular flexibility index (Phi) is 3.89. The summed E-state index contributed by atoms with van der Waals surface area (Å²) in [5.74, 6) is 0. The van der Waals surface area contributed by atoms with E-state index in [1.807, 2.05) is 0 Å². The molecule has 2 saturated heterocycles. The van der Waals surface area contributed by atoms with Gasteiger partial charge in [0, 0.05) is 18.7 Å². The number of piperidine rings is 1. The Labute approximate surface area is 124 Å². The van der Waals surface area contributed by atoms with Crippen molar-refractivity contribution >= 4 is 0 Å². The Morgan fingerprint density at radius 1 is 1.00 bits per heavy atom. The van der Waals surface area contributed by atoms with E-state index in [2.05, 4.69) is 18.7 Å². The van der Waals surface area contributed by atoms with Gasteiger partial charge >= 0.3 is 0 Å². The molecule has 1 atom stereocenters. The summed E-state index contributed by atoms with van der Waals surface area (Å²) < 4.78 is 5.92. The van der Waals surface area contributed by atoms with Crippen molar-refractivity contribution in [2.45, 2.75) is 76.4 Å². The van der Waals surface area contributed by atoms with Crippen LogP contribution in [-0.4, -0.2) is 42.3 Å². The zero-order valence-electron chi connectivity index (χ0n) is 13.4. The van der Waals surface area contributed by atoms with Crippen LogP contribution in [0.5, 0.6) is 0 Å². The maximum Gasteiger partial charge on any atom is 0.0644 e. The summed E-state index contributed by atoms with van der Waals surface area (Å²) in [6.45, 7) is 8.61. The minimum atomic E-state index is -0.0138. The van der Waals surface area contributed by atoms with Crippen molar-refractivity contribution in [1.82, 2.24) is 4.90 Å². The Bertz CT molecular complexity index is 339. The van der Waals surface area contributed by atoms with Crippen LogP contribution < -0.4 is 5.73 Å². The number of nitrogens with zero attached hydrogens (tertiary/aromatic N) is 1. The summed E-state index contributed by atoms with van der Waals surface area (Å²) in [4.78, 5) is 2.72. The first-order valence-corrected chi connectivity index (χ1v) is 8.59. The summed E-state index contributed by atoms with van der Waals surface area (Å²) in [6, 6.07) is 0. The third kappa shape index (κ3) is 2.65. The normalized spacial score (nSPS) is 37.4. The molecule has 0 aromatic rings. The monoisotopic (exact) mass is 280 g/mol. The van der Waals surface area contributed by atoms with E-state index in [0.717, 1.165) is 26.0 Å². The molecule has 0 amide bonds. The number of hydrogen-bond acceptors (Lipinski definition) is 3. The molecular weight excluding hydrogens is 248 g/mol. The third-order valence-electron chi connectivity index (χ3n) is 6.35. The molecule has 20 heavy (non-hydrogen) atoms. The molecule has 3 aliphatic rings. The van der Waals surface area contributed by atoms with E-state index < -0.39 is 0 Å². The number of rotatable bonds is 2. The van der Waals surface area contributed by atoms with Gasteiger partial charge < -0.3 is 10.5 Å². The lowest BCUT2D eigenvalue weighted by atomic mass is 9.73. The van der Waals surface area contributed by atoms with Gasteiger partial charge in [-0.15, -0.1) is 0 Å². The van der Waals surface area contributed by atoms with Gasteiger partial charge in [0.25, 0.3) is 0 Å². The van der Waals surface area contributed by atoms with Crippen LogP contribution in [0.4, 0.5) is 0 Å². The Morgan fingerprint density at radius 2 is 1.65 bits per heavy atom. The van der Waals surface area contributed by atoms with Crippen LogP contribution in [0.3, 0.4) is 0 Å². The first-order chi connectivity index (χ1) is 9.49. The van der Waals surface area contributed by atoms with Crippen LogP contribution >= 0.6 is 0 Å². The summed E-state index contributed by atoms with van der Waals surface area (Å²) in [5, 5.41) is 0. The molecule has 3 rings (SSSR count). The molecule has 1 aliphatic carbocycles. The molecule has 3 nitrogen and oxygen atoms in total. The van der Waals surface area contributed by atoms with Crippen molar-refractivity contribution in [1.29, 1.82) is 0 Å². The molecule has 116 valence electrons. The smallest absolute Gasteiger partial charge is 0.0644 e. The van der Waals surface area contributed by atoms with E-state index in [0.29, 0.717) is 5.41 Å². The largest absolute Gasteiger partial charge is 0.375 e. The minimum absolute atomic E-state index is 0.0138. The van der Waals surface area contributed by atoms with Gasteiger partial charge in [-0.25, -0.2) is 0 Å². The van der Waals surface area contributed by atoms with Crippen LogP contribution in [0.15, 0.2) is 0 Å². The highest BCUT2D eigenvalue weighted by molar-refractivity contribution is 5.02. The van der Waals surface area contributed by atoms with Gasteiger partial charge in [0.15, 0.2) is 0 Å². The predicted molar refractivity (Wildman–Crippen MR) is 82.8 cm³/mol. The molecule has 0 aromatic carbocycles. The molecule has 2 heterocycles. The SMILES string of the molecule is CC1(C)CC(CN)(N2CCC3(CCCC3)CC2)CCO1. The third-order valence-corrected chi connectivity index (χ3v) is 6.35. The fourth-order valence-electron chi connectivity index (χ4n) is 5.10. The van der Waals surface area contributed by atoms with Crippen molar-refractivity contribution in [2.75, 3.05) is 26.2 Å². The molecule has 0 radical (unpaired) electrons. The molecule has 0 bridgehead atoms. The molecule has 2 N–H and O–H groups in total. The second-order valence-corrected chi connectivity index (χ2v) is 8.16. The van der Waals surface area contributed by atoms with E-state index in [-0.39, 0.29) is 11.1 Å². The molecule has 1 spiro atoms. The molecular formula is C17H32N2O. The Balaban J connectivity index is 1.68. The average Bonchev–Trinajstić information content (AvgIpc) is 2.86. The van der Waals surface area contributed by atoms with Crippen molar-refractivity contribution in [3.63, 3.8) is 0 Å². The predicted octanol–water partition coefficient (Wildman–Crippen LogP) is 2.93. The second-order valence-electron chi connectivity index (χ2n) is 8.16. The Morgan fingerprint density at radius 3 is 2.20 bits per heavy atom. The molecule has 2 aliphatic heterocycles. The summed E-state index contributed by atoms with van der Waals surface area (Å²) in [6.07, 6.45) is 10.9. The van der Waals surface area contributed by atoms with Gasteiger partial charge in [-0.05, 0) is 70.9 Å². The number of nitrogens with two attached hydrogens (primary N) is 1. The van der Waals surface area contributed by atoms with Crippen molar-refractivity contribution < 1.29 is 4.74 Å². The van der Waals surface area contributed by atoms with Gasteiger partial charge in [-0.2, -0.15) is 0 Å². The fourth-order valence-corrected chi connectivity index (χ4v) is 5.10. The molecule has 3 fully saturated rings. The summed E-state index contributed by atoms with van der Waals surface area (Å²) in [7, 11) is 0. The lowest BCUT2D eigenvalue weighted by Gasteiger charge is -2.54. The van der Waals surface area contributed by atoms with Crippen LogP contribution in [0.25, 0.3) is 0 Å². The molecule has 1 unspecified atom stereocenters. The van der Waals surface area contributed by atoms with Gasteiger partial charge in [0.05, 0.1) is 5.60 Å². The lowest BCUT2D eigenvalue weighted by molar-refractivity contribution is -0.126. The van der Waals surface area contributed by atoms with E-state index >= 15 is 0 Å². The van der Waals surface area contributed by atoms with Crippen LogP contribution in [0.1, 0.15) is 65.2 Å². The van der Waals surface area contributed by atoms with Gasteiger partial charge in [-0.3, -0.25) is 4.90 Å². The average molecular weight is 280 g/mol. The molecule has 0 aromatic heterocycles. The highest BCUT2D eigenvalue weighted by Crippen LogP contribution is 2.48. The first kappa shape index (κ1) is 14.8. The molecule has 1 saturated carbocycles. The van der Waals surface area contributed by atoms with Gasteiger partial charge in [-0.1, -0.05) is 12.8 Å². The summed E-state index contributed by atoms with van der Waals surface area (Å²) in [5.41, 5.74) is 7.12. The summed E-state index contributed by atoms with van der Waals surface area (Å²) >= 11 is 0. The quantitative estimate of drug-likeness (QED) is 0.845. The standard InChI is InChI=1S/C17H32N2O/c1-15(2)13-17(14-18,9-12-20-15)19-10-7-16(8-11-19)5-3-4-6-16/h3-14,18H2,1-2H3. The van der Waals surface area contributed by atoms with E-state index in [4.69, 9.17) is 10.5 Å². The molecule has 3 heteroatoms. The van der Waals surface area contributed by atoms with Gasteiger partial charge in [0.2, 0.25) is 0 Å². The zero-order chi connectivity index (χ0) is 14.3. The first-order valence-electron chi connectivity index (χ1n) is 8.59. The van der Waals surface area contributed by atoms with Crippen LogP contribution in [0, 0.1) is 5.41 Å². The Hall–Kier alpha value is -0.120.